The first kappa shape index (κ1) is 23.9. The Morgan fingerprint density at radius 2 is 1.47 bits per heavy atom. The minimum Gasteiger partial charge on any atom is -0.382 e. The Morgan fingerprint density at radius 1 is 0.812 bits per heavy atom. The van der Waals surface area contributed by atoms with Crippen LogP contribution in [0.5, 0.6) is 0 Å². The number of nitrogens with one attached hydrogen (secondary N) is 4. The van der Waals surface area contributed by atoms with Gasteiger partial charge in [-0.3, -0.25) is 14.4 Å². The zero-order valence-corrected chi connectivity index (χ0v) is 19.1. The normalized spacial score (nSPS) is 13.8. The van der Waals surface area contributed by atoms with Crippen LogP contribution in [0, 0.1) is 0 Å². The van der Waals surface area contributed by atoms with Crippen LogP contribution in [0.3, 0.4) is 0 Å². The van der Waals surface area contributed by atoms with Crippen LogP contribution in [0.25, 0.3) is 0 Å². The van der Waals surface area contributed by atoms with Gasteiger partial charge in [-0.15, -0.1) is 0 Å². The fourth-order valence-corrected chi connectivity index (χ4v) is 4.00. The van der Waals surface area contributed by atoms with Crippen molar-refractivity contribution in [2.45, 2.75) is 38.1 Å². The molecule has 2 aromatic rings. The van der Waals surface area contributed by atoms with Gasteiger partial charge in [0, 0.05) is 22.4 Å². The summed E-state index contributed by atoms with van der Waals surface area (Å²) in [4.78, 5) is 36.1. The van der Waals surface area contributed by atoms with Crippen molar-refractivity contribution < 1.29 is 14.4 Å². The Labute approximate surface area is 197 Å². The maximum atomic E-state index is 12.1. The van der Waals surface area contributed by atoms with Crippen LogP contribution in [-0.2, 0) is 9.59 Å². The molecule has 0 radical (unpaired) electrons. The molecular formula is C23H26Cl2N4O3. The average Bonchev–Trinajstić information content (AvgIpc) is 2.78. The van der Waals surface area contributed by atoms with Crippen molar-refractivity contribution in [2.75, 3.05) is 23.7 Å². The van der Waals surface area contributed by atoms with E-state index in [1.54, 1.807) is 0 Å². The Hall–Kier alpha value is -2.77. The van der Waals surface area contributed by atoms with Crippen molar-refractivity contribution in [1.29, 1.82) is 0 Å². The van der Waals surface area contributed by atoms with E-state index in [4.69, 9.17) is 23.2 Å². The van der Waals surface area contributed by atoms with E-state index in [2.05, 4.69) is 21.3 Å². The number of hydrogen-bond acceptors (Lipinski definition) is 4. The van der Waals surface area contributed by atoms with E-state index < -0.39 is 11.8 Å². The summed E-state index contributed by atoms with van der Waals surface area (Å²) < 4.78 is 0. The standard InChI is InChI=1S/C23H26Cl2N4O3/c24-15-6-11-19(20(25)12-15)23(32)27-13-21(30)26-14-22(31)29-18-9-7-17(8-10-18)28-16-4-2-1-3-5-16/h6-12,16,28H,1-5,13-14H2,(H,26,30)(H,27,32)(H,29,31). The van der Waals surface area contributed by atoms with Crippen LogP contribution in [0.15, 0.2) is 42.5 Å². The maximum absolute atomic E-state index is 12.1. The smallest absolute Gasteiger partial charge is 0.253 e. The molecule has 170 valence electrons. The Morgan fingerprint density at radius 3 is 2.16 bits per heavy atom. The largest absolute Gasteiger partial charge is 0.382 e. The zero-order valence-electron chi connectivity index (χ0n) is 17.5. The lowest BCUT2D eigenvalue weighted by Crippen LogP contribution is -2.40. The second-order valence-corrected chi connectivity index (χ2v) is 8.53. The molecule has 0 heterocycles. The molecule has 3 amide bonds. The minimum absolute atomic E-state index is 0.190. The minimum atomic E-state index is -0.506. The molecule has 2 aromatic carbocycles. The topological polar surface area (TPSA) is 99.3 Å². The quantitative estimate of drug-likeness (QED) is 0.458. The van der Waals surface area contributed by atoms with Crippen molar-refractivity contribution in [3.05, 3.63) is 58.1 Å². The molecule has 0 aliphatic heterocycles. The summed E-state index contributed by atoms with van der Waals surface area (Å²) in [6.07, 6.45) is 6.20. The van der Waals surface area contributed by atoms with E-state index in [0.717, 1.165) is 5.69 Å². The van der Waals surface area contributed by atoms with Crippen molar-refractivity contribution in [3.8, 4) is 0 Å². The number of carbonyl (C=O) groups excluding carboxylic acids is 3. The molecule has 7 nitrogen and oxygen atoms in total. The number of rotatable bonds is 8. The summed E-state index contributed by atoms with van der Waals surface area (Å²) in [5.41, 5.74) is 1.88. The Bertz CT molecular complexity index is 960. The molecule has 32 heavy (non-hydrogen) atoms. The fourth-order valence-electron chi connectivity index (χ4n) is 3.51. The first-order valence-electron chi connectivity index (χ1n) is 10.6. The van der Waals surface area contributed by atoms with Crippen LogP contribution in [0.2, 0.25) is 10.0 Å². The highest BCUT2D eigenvalue weighted by molar-refractivity contribution is 6.36. The molecule has 0 aromatic heterocycles. The van der Waals surface area contributed by atoms with Crippen molar-refractivity contribution in [2.24, 2.45) is 0 Å². The summed E-state index contributed by atoms with van der Waals surface area (Å²) in [7, 11) is 0. The molecule has 1 aliphatic carbocycles. The maximum Gasteiger partial charge on any atom is 0.253 e. The number of benzene rings is 2. The molecular weight excluding hydrogens is 451 g/mol. The number of carbonyl (C=O) groups is 3. The van der Waals surface area contributed by atoms with Gasteiger partial charge in [-0.25, -0.2) is 0 Å². The summed E-state index contributed by atoms with van der Waals surface area (Å²) in [5.74, 6) is -1.36. The molecule has 0 atom stereocenters. The van der Waals surface area contributed by atoms with Gasteiger partial charge in [0.2, 0.25) is 11.8 Å². The Balaban J connectivity index is 1.37. The lowest BCUT2D eigenvalue weighted by atomic mass is 9.95. The van der Waals surface area contributed by atoms with E-state index in [1.165, 1.54) is 50.3 Å². The SMILES string of the molecule is O=C(CNC(=O)c1ccc(Cl)cc1Cl)NCC(=O)Nc1ccc(NC2CCCCC2)cc1. The lowest BCUT2D eigenvalue weighted by Gasteiger charge is -2.23. The van der Waals surface area contributed by atoms with Crippen LogP contribution in [0.4, 0.5) is 11.4 Å². The van der Waals surface area contributed by atoms with Gasteiger partial charge in [-0.05, 0) is 55.3 Å². The van der Waals surface area contributed by atoms with Gasteiger partial charge in [-0.1, -0.05) is 42.5 Å². The van der Waals surface area contributed by atoms with Gasteiger partial charge in [0.25, 0.3) is 5.91 Å². The molecule has 0 spiro atoms. The third kappa shape index (κ3) is 7.43. The molecule has 4 N–H and O–H groups in total. The van der Waals surface area contributed by atoms with E-state index in [9.17, 15) is 14.4 Å². The fraction of sp³-hybridized carbons (Fsp3) is 0.348. The third-order valence-electron chi connectivity index (χ3n) is 5.18. The first-order chi connectivity index (χ1) is 15.4. The lowest BCUT2D eigenvalue weighted by molar-refractivity contribution is -0.123. The molecule has 1 fully saturated rings. The molecule has 9 heteroatoms. The van der Waals surface area contributed by atoms with Crippen LogP contribution in [0.1, 0.15) is 42.5 Å². The van der Waals surface area contributed by atoms with Crippen molar-refractivity contribution in [1.82, 2.24) is 10.6 Å². The highest BCUT2D eigenvalue weighted by atomic mass is 35.5. The number of hydrogen-bond donors (Lipinski definition) is 4. The predicted molar refractivity (Wildman–Crippen MR) is 127 cm³/mol. The van der Waals surface area contributed by atoms with E-state index in [1.807, 2.05) is 24.3 Å². The van der Waals surface area contributed by atoms with Crippen LogP contribution < -0.4 is 21.3 Å². The average molecular weight is 477 g/mol. The summed E-state index contributed by atoms with van der Waals surface area (Å²) in [6.45, 7) is -0.495. The summed E-state index contributed by atoms with van der Waals surface area (Å²) in [6, 6.07) is 12.5. The molecule has 0 bridgehead atoms. The molecule has 3 rings (SSSR count). The van der Waals surface area contributed by atoms with Gasteiger partial charge >= 0.3 is 0 Å². The van der Waals surface area contributed by atoms with E-state index in [-0.39, 0.29) is 29.6 Å². The van der Waals surface area contributed by atoms with Gasteiger partial charge in [0.05, 0.1) is 23.7 Å². The number of amides is 3. The van der Waals surface area contributed by atoms with E-state index >= 15 is 0 Å². The number of anilines is 2. The zero-order chi connectivity index (χ0) is 22.9. The molecule has 1 saturated carbocycles. The molecule has 0 unspecified atom stereocenters. The van der Waals surface area contributed by atoms with Crippen molar-refractivity contribution in [3.63, 3.8) is 0 Å². The Kier molecular flexibility index (Phi) is 8.76. The number of halogens is 2. The monoisotopic (exact) mass is 476 g/mol. The van der Waals surface area contributed by atoms with Crippen molar-refractivity contribution >= 4 is 52.3 Å². The summed E-state index contributed by atoms with van der Waals surface area (Å²) >= 11 is 11.8. The third-order valence-corrected chi connectivity index (χ3v) is 5.72. The van der Waals surface area contributed by atoms with Gasteiger partial charge in [-0.2, -0.15) is 0 Å². The van der Waals surface area contributed by atoms with Crippen LogP contribution >= 0.6 is 23.2 Å². The highest BCUT2D eigenvalue weighted by Gasteiger charge is 2.14. The predicted octanol–water partition coefficient (Wildman–Crippen LogP) is 4.22. The second kappa shape index (κ2) is 11.7. The van der Waals surface area contributed by atoms with Crippen LogP contribution in [-0.4, -0.2) is 36.9 Å². The van der Waals surface area contributed by atoms with Gasteiger partial charge in [0.1, 0.15) is 0 Å². The molecule has 1 aliphatic rings. The highest BCUT2D eigenvalue weighted by Crippen LogP contribution is 2.23. The summed E-state index contributed by atoms with van der Waals surface area (Å²) in [5, 5.41) is 11.8. The second-order valence-electron chi connectivity index (χ2n) is 7.69. The molecule has 0 saturated heterocycles. The first-order valence-corrected chi connectivity index (χ1v) is 11.3. The van der Waals surface area contributed by atoms with Gasteiger partial charge < -0.3 is 21.3 Å². The van der Waals surface area contributed by atoms with Gasteiger partial charge in [0.15, 0.2) is 0 Å². The van der Waals surface area contributed by atoms with E-state index in [0.29, 0.717) is 16.8 Å².